The minimum absolute atomic E-state index is 0.0925. The summed E-state index contributed by atoms with van der Waals surface area (Å²) in [4.78, 5) is 21.7. The minimum Gasteiger partial charge on any atom is -0.351 e. The second-order valence-electron chi connectivity index (χ2n) is 4.89. The highest BCUT2D eigenvalue weighted by atomic mass is 35.5. The molecule has 5 nitrogen and oxygen atoms in total. The quantitative estimate of drug-likeness (QED) is 0.498. The summed E-state index contributed by atoms with van der Waals surface area (Å²) in [6.45, 7) is 4.24. The highest BCUT2D eigenvalue weighted by Crippen LogP contribution is 2.16. The number of nitrogens with zero attached hydrogens (tertiary/aromatic N) is 1. The van der Waals surface area contributed by atoms with E-state index in [1.807, 2.05) is 13.8 Å². The maximum atomic E-state index is 13.2. The van der Waals surface area contributed by atoms with Crippen molar-refractivity contribution < 1.29 is 14.1 Å². The monoisotopic (exact) mass is 302 g/mol. The SMILES string of the molecule is CC(C)CC(Cl)CNC(=O)c1cc(F)cc([N+](=O)[O-])c1. The van der Waals surface area contributed by atoms with E-state index in [1.165, 1.54) is 0 Å². The second-order valence-corrected chi connectivity index (χ2v) is 5.51. The lowest BCUT2D eigenvalue weighted by Crippen LogP contribution is -2.30. The van der Waals surface area contributed by atoms with Gasteiger partial charge in [-0.1, -0.05) is 13.8 Å². The zero-order valence-corrected chi connectivity index (χ0v) is 12.0. The molecule has 0 saturated heterocycles. The van der Waals surface area contributed by atoms with Gasteiger partial charge in [0.25, 0.3) is 11.6 Å². The van der Waals surface area contributed by atoms with Gasteiger partial charge in [-0.15, -0.1) is 11.6 Å². The van der Waals surface area contributed by atoms with Crippen molar-refractivity contribution in [3.05, 3.63) is 39.7 Å². The Labute approximate surface area is 121 Å². The number of non-ortho nitro benzene ring substituents is 1. The van der Waals surface area contributed by atoms with Gasteiger partial charge in [0.2, 0.25) is 0 Å². The van der Waals surface area contributed by atoms with Crippen LogP contribution in [0.4, 0.5) is 10.1 Å². The Hall–Kier alpha value is -1.69. The number of alkyl halides is 1. The molecule has 0 radical (unpaired) electrons. The molecule has 0 spiro atoms. The van der Waals surface area contributed by atoms with E-state index in [2.05, 4.69) is 5.32 Å². The zero-order chi connectivity index (χ0) is 15.3. The standard InChI is InChI=1S/C13H16ClFN2O3/c1-8(2)3-10(14)7-16-13(18)9-4-11(15)6-12(5-9)17(19)20/h4-6,8,10H,3,7H2,1-2H3,(H,16,18). The molecule has 1 N–H and O–H groups in total. The first-order valence-electron chi connectivity index (χ1n) is 6.17. The van der Waals surface area contributed by atoms with Crippen LogP contribution in [0.2, 0.25) is 0 Å². The Morgan fingerprint density at radius 2 is 2.10 bits per heavy atom. The van der Waals surface area contributed by atoms with E-state index in [0.717, 1.165) is 24.6 Å². The number of nitrogens with one attached hydrogen (secondary N) is 1. The van der Waals surface area contributed by atoms with Crippen LogP contribution in [0.15, 0.2) is 18.2 Å². The molecule has 1 unspecified atom stereocenters. The summed E-state index contributed by atoms with van der Waals surface area (Å²) < 4.78 is 13.2. The van der Waals surface area contributed by atoms with E-state index in [-0.39, 0.29) is 17.5 Å². The van der Waals surface area contributed by atoms with Gasteiger partial charge >= 0.3 is 0 Å². The number of nitro benzene ring substituents is 1. The number of halogens is 2. The number of nitro groups is 1. The van der Waals surface area contributed by atoms with Crippen molar-refractivity contribution in [1.29, 1.82) is 0 Å². The van der Waals surface area contributed by atoms with E-state index < -0.39 is 22.3 Å². The summed E-state index contributed by atoms with van der Waals surface area (Å²) in [5, 5.41) is 12.9. The summed E-state index contributed by atoms with van der Waals surface area (Å²) in [6.07, 6.45) is 0.727. The van der Waals surface area contributed by atoms with Crippen LogP contribution in [0.5, 0.6) is 0 Å². The van der Waals surface area contributed by atoms with Crippen molar-refractivity contribution in [2.45, 2.75) is 25.6 Å². The number of hydrogen-bond acceptors (Lipinski definition) is 3. The Bertz CT molecular complexity index is 508. The predicted octanol–water partition coefficient (Wildman–Crippen LogP) is 3.12. The first-order chi connectivity index (χ1) is 9.29. The average molecular weight is 303 g/mol. The van der Waals surface area contributed by atoms with Crippen LogP contribution in [-0.2, 0) is 0 Å². The Morgan fingerprint density at radius 3 is 2.65 bits per heavy atom. The molecule has 1 atom stereocenters. The summed E-state index contributed by atoms with van der Waals surface area (Å²) in [6, 6.07) is 2.75. The maximum Gasteiger partial charge on any atom is 0.273 e. The van der Waals surface area contributed by atoms with Crippen molar-refractivity contribution in [1.82, 2.24) is 5.32 Å². The fourth-order valence-electron chi connectivity index (χ4n) is 1.71. The third kappa shape index (κ3) is 5.13. The van der Waals surface area contributed by atoms with Crippen molar-refractivity contribution in [3.8, 4) is 0 Å². The number of amides is 1. The van der Waals surface area contributed by atoms with E-state index in [9.17, 15) is 19.3 Å². The van der Waals surface area contributed by atoms with Crippen LogP contribution in [0.3, 0.4) is 0 Å². The summed E-state index contributed by atoms with van der Waals surface area (Å²) in [7, 11) is 0. The fraction of sp³-hybridized carbons (Fsp3) is 0.462. The molecule has 0 aliphatic heterocycles. The lowest BCUT2D eigenvalue weighted by Gasteiger charge is -2.13. The molecule has 0 saturated carbocycles. The summed E-state index contributed by atoms with van der Waals surface area (Å²) in [5.41, 5.74) is -0.551. The Morgan fingerprint density at radius 1 is 1.45 bits per heavy atom. The van der Waals surface area contributed by atoms with E-state index in [4.69, 9.17) is 11.6 Å². The summed E-state index contributed by atoms with van der Waals surface area (Å²) >= 11 is 6.02. The Kier molecular flexibility index (Phi) is 5.88. The highest BCUT2D eigenvalue weighted by molar-refractivity contribution is 6.21. The molecule has 0 heterocycles. The molecule has 1 aromatic rings. The van der Waals surface area contributed by atoms with Crippen LogP contribution < -0.4 is 5.32 Å². The third-order valence-electron chi connectivity index (χ3n) is 2.57. The molecular formula is C13H16ClFN2O3. The molecule has 0 bridgehead atoms. The maximum absolute atomic E-state index is 13.2. The lowest BCUT2D eigenvalue weighted by molar-refractivity contribution is -0.385. The average Bonchev–Trinajstić information content (AvgIpc) is 2.34. The van der Waals surface area contributed by atoms with Crippen molar-refractivity contribution >= 4 is 23.2 Å². The van der Waals surface area contributed by atoms with Gasteiger partial charge < -0.3 is 5.32 Å². The van der Waals surface area contributed by atoms with Crippen molar-refractivity contribution in [2.75, 3.05) is 6.54 Å². The lowest BCUT2D eigenvalue weighted by atomic mass is 10.1. The van der Waals surface area contributed by atoms with Crippen LogP contribution in [0, 0.1) is 21.8 Å². The summed E-state index contributed by atoms with van der Waals surface area (Å²) in [5.74, 6) is -1.01. The van der Waals surface area contributed by atoms with Gasteiger partial charge in [-0.3, -0.25) is 14.9 Å². The number of hydrogen-bond donors (Lipinski definition) is 1. The predicted molar refractivity (Wildman–Crippen MR) is 74.5 cm³/mol. The van der Waals surface area contributed by atoms with Crippen LogP contribution in [0.1, 0.15) is 30.6 Å². The van der Waals surface area contributed by atoms with Gasteiger partial charge in [0.15, 0.2) is 0 Å². The molecular weight excluding hydrogens is 287 g/mol. The van der Waals surface area contributed by atoms with Gasteiger partial charge in [-0.25, -0.2) is 4.39 Å². The van der Waals surface area contributed by atoms with Gasteiger partial charge in [0, 0.05) is 18.2 Å². The fourth-order valence-corrected chi connectivity index (χ4v) is 2.14. The van der Waals surface area contributed by atoms with Crippen LogP contribution in [0.25, 0.3) is 0 Å². The van der Waals surface area contributed by atoms with Crippen molar-refractivity contribution in [2.24, 2.45) is 5.92 Å². The number of carbonyl (C=O) groups excluding carboxylic acids is 1. The molecule has 0 aromatic heterocycles. The highest BCUT2D eigenvalue weighted by Gasteiger charge is 2.16. The molecule has 7 heteroatoms. The minimum atomic E-state index is -0.825. The van der Waals surface area contributed by atoms with Gasteiger partial charge in [-0.2, -0.15) is 0 Å². The molecule has 20 heavy (non-hydrogen) atoms. The van der Waals surface area contributed by atoms with E-state index in [1.54, 1.807) is 0 Å². The number of benzene rings is 1. The molecule has 110 valence electrons. The molecule has 0 aliphatic rings. The van der Waals surface area contributed by atoms with Gasteiger partial charge in [-0.05, 0) is 18.4 Å². The first kappa shape index (κ1) is 16.4. The normalized spacial score (nSPS) is 12.2. The number of rotatable bonds is 6. The molecule has 1 aromatic carbocycles. The van der Waals surface area contributed by atoms with Gasteiger partial charge in [0.05, 0.1) is 16.4 Å². The molecule has 0 aliphatic carbocycles. The molecule has 1 rings (SSSR count). The smallest absolute Gasteiger partial charge is 0.273 e. The number of carbonyl (C=O) groups is 1. The van der Waals surface area contributed by atoms with E-state index >= 15 is 0 Å². The van der Waals surface area contributed by atoms with E-state index in [0.29, 0.717) is 5.92 Å². The molecule has 1 amide bonds. The second kappa shape index (κ2) is 7.19. The molecule has 0 fully saturated rings. The van der Waals surface area contributed by atoms with Crippen molar-refractivity contribution in [3.63, 3.8) is 0 Å². The topological polar surface area (TPSA) is 72.2 Å². The Balaban J connectivity index is 2.70. The first-order valence-corrected chi connectivity index (χ1v) is 6.60. The van der Waals surface area contributed by atoms with Crippen LogP contribution in [-0.4, -0.2) is 22.8 Å². The van der Waals surface area contributed by atoms with Gasteiger partial charge in [0.1, 0.15) is 5.82 Å². The third-order valence-corrected chi connectivity index (χ3v) is 2.90. The largest absolute Gasteiger partial charge is 0.351 e. The van der Waals surface area contributed by atoms with Crippen LogP contribution >= 0.6 is 11.6 Å². The zero-order valence-electron chi connectivity index (χ0n) is 11.2.